The molecule has 1 aromatic heterocycles. The average Bonchev–Trinajstić information content (AvgIpc) is 2.63. The molecule has 0 aliphatic heterocycles. The van der Waals surface area contributed by atoms with Gasteiger partial charge in [-0.05, 0) is 36.2 Å². The quantitative estimate of drug-likeness (QED) is 0.728. The molecule has 0 aliphatic carbocycles. The minimum atomic E-state index is -0.613. The third-order valence-electron chi connectivity index (χ3n) is 3.75. The zero-order chi connectivity index (χ0) is 17.8. The van der Waals surface area contributed by atoms with Gasteiger partial charge in [0.05, 0.1) is 13.3 Å². The molecule has 4 nitrogen and oxygen atoms in total. The molecule has 0 bridgehead atoms. The summed E-state index contributed by atoms with van der Waals surface area (Å²) in [7, 11) is 1.40. The highest BCUT2D eigenvalue weighted by atomic mass is 19.1. The lowest BCUT2D eigenvalue weighted by atomic mass is 10.1. The number of aryl methyl sites for hydroxylation is 1. The maximum Gasteiger partial charge on any atom is 0.227 e. The summed E-state index contributed by atoms with van der Waals surface area (Å²) < 4.78 is 32.7. The molecule has 3 aromatic rings. The van der Waals surface area contributed by atoms with Crippen molar-refractivity contribution in [2.45, 2.75) is 13.3 Å². The van der Waals surface area contributed by atoms with E-state index in [-0.39, 0.29) is 17.4 Å². The first-order valence-corrected chi connectivity index (χ1v) is 7.83. The normalized spacial score (nSPS) is 10.6. The molecule has 0 fully saturated rings. The number of methoxy groups -OCH3 is 1. The fraction of sp³-hybridized carbons (Fsp3) is 0.158. The summed E-state index contributed by atoms with van der Waals surface area (Å²) in [4.78, 5) is 8.21. The van der Waals surface area contributed by atoms with E-state index in [1.54, 1.807) is 0 Å². The van der Waals surface area contributed by atoms with Crippen LogP contribution in [-0.4, -0.2) is 17.1 Å². The summed E-state index contributed by atoms with van der Waals surface area (Å²) in [6, 6.07) is 11.7. The topological polar surface area (TPSA) is 47.0 Å². The van der Waals surface area contributed by atoms with E-state index in [0.717, 1.165) is 23.9 Å². The van der Waals surface area contributed by atoms with Gasteiger partial charge in [-0.15, -0.1) is 0 Å². The van der Waals surface area contributed by atoms with Gasteiger partial charge in [-0.25, -0.2) is 18.7 Å². The number of hydrogen-bond acceptors (Lipinski definition) is 4. The zero-order valence-electron chi connectivity index (χ0n) is 13.9. The van der Waals surface area contributed by atoms with Crippen molar-refractivity contribution in [3.8, 4) is 17.0 Å². The van der Waals surface area contributed by atoms with Crippen molar-refractivity contribution < 1.29 is 13.5 Å². The molecule has 0 radical (unpaired) electrons. The van der Waals surface area contributed by atoms with Crippen LogP contribution < -0.4 is 10.1 Å². The van der Waals surface area contributed by atoms with Crippen molar-refractivity contribution in [3.05, 3.63) is 65.9 Å². The van der Waals surface area contributed by atoms with E-state index in [9.17, 15) is 8.78 Å². The minimum absolute atomic E-state index is 0.0426. The van der Waals surface area contributed by atoms with Gasteiger partial charge >= 0.3 is 0 Å². The van der Waals surface area contributed by atoms with Crippen LogP contribution >= 0.6 is 0 Å². The second-order valence-electron chi connectivity index (χ2n) is 5.41. The summed E-state index contributed by atoms with van der Waals surface area (Å²) in [6.45, 7) is 2.06. The first kappa shape index (κ1) is 16.8. The van der Waals surface area contributed by atoms with Crippen LogP contribution in [0, 0.1) is 11.6 Å². The average molecular weight is 341 g/mol. The Bertz CT molecular complexity index is 900. The standard InChI is InChI=1S/C19H17F2N3O/c1-3-12-5-4-6-14(9-12)23-19-22-11-16(21)18(24-19)15-8-7-13(20)10-17(15)25-2/h4-11H,3H2,1-2H3,(H,22,23,24). The Morgan fingerprint density at radius 1 is 1.12 bits per heavy atom. The van der Waals surface area contributed by atoms with Gasteiger partial charge in [0, 0.05) is 17.3 Å². The van der Waals surface area contributed by atoms with Crippen molar-refractivity contribution in [2.24, 2.45) is 0 Å². The lowest BCUT2D eigenvalue weighted by molar-refractivity contribution is 0.412. The monoisotopic (exact) mass is 341 g/mol. The van der Waals surface area contributed by atoms with Crippen LogP contribution in [0.2, 0.25) is 0 Å². The van der Waals surface area contributed by atoms with Crippen LogP contribution in [0.4, 0.5) is 20.4 Å². The predicted molar refractivity (Wildman–Crippen MR) is 93.0 cm³/mol. The molecule has 128 valence electrons. The largest absolute Gasteiger partial charge is 0.496 e. The molecule has 2 aromatic carbocycles. The number of nitrogens with one attached hydrogen (secondary N) is 1. The van der Waals surface area contributed by atoms with E-state index in [1.807, 2.05) is 24.3 Å². The Morgan fingerprint density at radius 3 is 2.72 bits per heavy atom. The Morgan fingerprint density at radius 2 is 1.96 bits per heavy atom. The molecule has 0 unspecified atom stereocenters. The Kier molecular flexibility index (Phi) is 4.88. The SMILES string of the molecule is CCc1cccc(Nc2ncc(F)c(-c3ccc(F)cc3OC)n2)c1. The van der Waals surface area contributed by atoms with Gasteiger partial charge in [0.2, 0.25) is 5.95 Å². The van der Waals surface area contributed by atoms with Gasteiger partial charge < -0.3 is 10.1 Å². The number of ether oxygens (including phenoxy) is 1. The van der Waals surface area contributed by atoms with Crippen LogP contribution in [-0.2, 0) is 6.42 Å². The first-order chi connectivity index (χ1) is 12.1. The number of halogens is 2. The van der Waals surface area contributed by atoms with Crippen molar-refractivity contribution in [2.75, 3.05) is 12.4 Å². The maximum atomic E-state index is 14.2. The van der Waals surface area contributed by atoms with Gasteiger partial charge in [0.1, 0.15) is 17.3 Å². The molecule has 0 saturated carbocycles. The van der Waals surface area contributed by atoms with Gasteiger partial charge in [-0.1, -0.05) is 19.1 Å². The van der Waals surface area contributed by atoms with Crippen molar-refractivity contribution in [3.63, 3.8) is 0 Å². The Hall–Kier alpha value is -3.02. The number of nitrogens with zero attached hydrogens (tertiary/aromatic N) is 2. The predicted octanol–water partition coefficient (Wildman–Crippen LogP) is 4.74. The van der Waals surface area contributed by atoms with E-state index >= 15 is 0 Å². The second kappa shape index (κ2) is 7.25. The molecule has 6 heteroatoms. The number of benzene rings is 2. The second-order valence-corrected chi connectivity index (χ2v) is 5.41. The smallest absolute Gasteiger partial charge is 0.227 e. The summed E-state index contributed by atoms with van der Waals surface area (Å²) in [6.07, 6.45) is 1.98. The lowest BCUT2D eigenvalue weighted by Crippen LogP contribution is -2.02. The number of aromatic nitrogens is 2. The van der Waals surface area contributed by atoms with Crippen molar-refractivity contribution in [1.82, 2.24) is 9.97 Å². The van der Waals surface area contributed by atoms with E-state index in [2.05, 4.69) is 22.2 Å². The summed E-state index contributed by atoms with van der Waals surface area (Å²) in [5.41, 5.74) is 2.37. The summed E-state index contributed by atoms with van der Waals surface area (Å²) in [5.74, 6) is -0.630. The third kappa shape index (κ3) is 3.74. The van der Waals surface area contributed by atoms with Crippen molar-refractivity contribution in [1.29, 1.82) is 0 Å². The summed E-state index contributed by atoms with van der Waals surface area (Å²) in [5, 5.41) is 3.06. The highest BCUT2D eigenvalue weighted by molar-refractivity contribution is 5.69. The lowest BCUT2D eigenvalue weighted by Gasteiger charge is -2.11. The minimum Gasteiger partial charge on any atom is -0.496 e. The third-order valence-corrected chi connectivity index (χ3v) is 3.75. The van der Waals surface area contributed by atoms with Crippen LogP contribution in [0.1, 0.15) is 12.5 Å². The molecule has 0 atom stereocenters. The molecule has 0 aliphatic rings. The highest BCUT2D eigenvalue weighted by Crippen LogP contribution is 2.31. The van der Waals surface area contributed by atoms with E-state index < -0.39 is 11.6 Å². The van der Waals surface area contributed by atoms with Gasteiger partial charge in [0.15, 0.2) is 5.82 Å². The van der Waals surface area contributed by atoms with E-state index in [4.69, 9.17) is 4.74 Å². The number of rotatable bonds is 5. The Labute approximate surface area is 144 Å². The van der Waals surface area contributed by atoms with E-state index in [1.165, 1.54) is 25.3 Å². The number of anilines is 2. The Balaban J connectivity index is 1.98. The summed E-state index contributed by atoms with van der Waals surface area (Å²) >= 11 is 0. The van der Waals surface area contributed by atoms with Gasteiger partial charge in [-0.2, -0.15) is 0 Å². The highest BCUT2D eigenvalue weighted by Gasteiger charge is 2.15. The van der Waals surface area contributed by atoms with Crippen LogP contribution in [0.5, 0.6) is 5.75 Å². The molecule has 1 heterocycles. The first-order valence-electron chi connectivity index (χ1n) is 7.83. The molecule has 0 saturated heterocycles. The maximum absolute atomic E-state index is 14.2. The molecular weight excluding hydrogens is 324 g/mol. The fourth-order valence-corrected chi connectivity index (χ4v) is 2.48. The molecular formula is C19H17F2N3O. The van der Waals surface area contributed by atoms with Crippen LogP contribution in [0.25, 0.3) is 11.3 Å². The van der Waals surface area contributed by atoms with Gasteiger partial charge in [-0.3, -0.25) is 0 Å². The molecule has 1 N–H and O–H groups in total. The van der Waals surface area contributed by atoms with Gasteiger partial charge in [0.25, 0.3) is 0 Å². The van der Waals surface area contributed by atoms with Crippen molar-refractivity contribution >= 4 is 11.6 Å². The van der Waals surface area contributed by atoms with Crippen LogP contribution in [0.3, 0.4) is 0 Å². The molecule has 3 rings (SSSR count). The molecule has 0 spiro atoms. The number of hydrogen-bond donors (Lipinski definition) is 1. The fourth-order valence-electron chi connectivity index (χ4n) is 2.48. The van der Waals surface area contributed by atoms with E-state index in [0.29, 0.717) is 5.56 Å². The molecule has 25 heavy (non-hydrogen) atoms. The molecule has 0 amide bonds. The van der Waals surface area contributed by atoms with Crippen LogP contribution in [0.15, 0.2) is 48.7 Å². The zero-order valence-corrected chi connectivity index (χ0v) is 13.9.